The van der Waals surface area contributed by atoms with Gasteiger partial charge in [-0.2, -0.15) is 0 Å². The van der Waals surface area contributed by atoms with E-state index in [2.05, 4.69) is 21.8 Å². The van der Waals surface area contributed by atoms with Crippen molar-refractivity contribution in [2.75, 3.05) is 0 Å². The Labute approximate surface area is 138 Å². The van der Waals surface area contributed by atoms with Crippen molar-refractivity contribution in [3.8, 4) is 17.5 Å². The largest absolute Gasteiger partial charge is 0.315 e. The average Bonchev–Trinajstić information content (AvgIpc) is 3.00. The number of nitrogens with zero attached hydrogens (tertiary/aromatic N) is 3. The molecule has 2 aromatic heterocycles. The third-order valence-corrected chi connectivity index (χ3v) is 3.69. The van der Waals surface area contributed by atoms with E-state index in [4.69, 9.17) is 0 Å². The summed E-state index contributed by atoms with van der Waals surface area (Å²) in [4.78, 5) is 8.23. The van der Waals surface area contributed by atoms with Gasteiger partial charge in [0.25, 0.3) is 0 Å². The number of benzene rings is 2. The fraction of sp³-hybridized carbons (Fsp3) is 0. The lowest BCUT2D eigenvalue weighted by Gasteiger charge is -2.04. The number of halogens is 1. The van der Waals surface area contributed by atoms with E-state index in [1.807, 2.05) is 35.0 Å². The highest BCUT2D eigenvalue weighted by Crippen LogP contribution is 2.24. The zero-order valence-corrected chi connectivity index (χ0v) is 12.6. The second-order valence-corrected chi connectivity index (χ2v) is 5.23. The van der Waals surface area contributed by atoms with Gasteiger partial charge in [0.1, 0.15) is 5.82 Å². The van der Waals surface area contributed by atoms with Crippen molar-refractivity contribution < 1.29 is 4.39 Å². The van der Waals surface area contributed by atoms with Crippen LogP contribution in [-0.2, 0) is 0 Å². The molecule has 4 rings (SSSR count). The maximum atomic E-state index is 13.2. The number of hydrogen-bond donors (Lipinski definition) is 0. The molecular formula is C20H12FN3. The normalized spacial score (nSPS) is 10.4. The molecule has 0 radical (unpaired) electrons. The number of aromatic nitrogens is 3. The summed E-state index contributed by atoms with van der Waals surface area (Å²) in [6.45, 7) is 0. The van der Waals surface area contributed by atoms with Gasteiger partial charge in [0.15, 0.2) is 0 Å². The van der Waals surface area contributed by atoms with Crippen molar-refractivity contribution in [1.29, 1.82) is 0 Å². The predicted octanol–water partition coefficient (Wildman–Crippen LogP) is 3.96. The molecule has 0 aliphatic heterocycles. The molecule has 0 aliphatic rings. The Morgan fingerprint density at radius 1 is 0.833 bits per heavy atom. The van der Waals surface area contributed by atoms with Crippen LogP contribution in [0.4, 0.5) is 4.39 Å². The van der Waals surface area contributed by atoms with Crippen molar-refractivity contribution in [2.45, 2.75) is 0 Å². The average molecular weight is 313 g/mol. The van der Waals surface area contributed by atoms with E-state index >= 15 is 0 Å². The van der Waals surface area contributed by atoms with Gasteiger partial charge in [-0.3, -0.25) is 0 Å². The Kier molecular flexibility index (Phi) is 3.53. The molecule has 114 valence electrons. The SMILES string of the molecule is Fc1ccc(-n2cc(C#Cc3ncccn3)c3ccccc32)cc1. The number of rotatable bonds is 1. The minimum Gasteiger partial charge on any atom is -0.315 e. The van der Waals surface area contributed by atoms with E-state index in [0.29, 0.717) is 5.82 Å². The van der Waals surface area contributed by atoms with E-state index in [-0.39, 0.29) is 5.82 Å². The van der Waals surface area contributed by atoms with Gasteiger partial charge in [0, 0.05) is 29.7 Å². The van der Waals surface area contributed by atoms with Crippen molar-refractivity contribution in [2.24, 2.45) is 0 Å². The summed E-state index contributed by atoms with van der Waals surface area (Å²) in [6.07, 6.45) is 5.28. The minimum absolute atomic E-state index is 0.253. The van der Waals surface area contributed by atoms with Crippen LogP contribution in [0, 0.1) is 17.7 Å². The fourth-order valence-corrected chi connectivity index (χ4v) is 2.58. The van der Waals surface area contributed by atoms with Gasteiger partial charge in [-0.1, -0.05) is 24.1 Å². The Morgan fingerprint density at radius 2 is 1.58 bits per heavy atom. The van der Waals surface area contributed by atoms with Gasteiger partial charge in [-0.05, 0) is 42.3 Å². The molecule has 0 atom stereocenters. The Hall–Kier alpha value is -3.45. The molecule has 0 saturated heterocycles. The number of hydrogen-bond acceptors (Lipinski definition) is 2. The van der Waals surface area contributed by atoms with Crippen LogP contribution < -0.4 is 0 Å². The summed E-state index contributed by atoms with van der Waals surface area (Å²) in [5.41, 5.74) is 2.78. The van der Waals surface area contributed by atoms with Crippen LogP contribution in [0.1, 0.15) is 11.4 Å². The maximum absolute atomic E-state index is 13.2. The minimum atomic E-state index is -0.253. The standard InChI is InChI=1S/C20H12FN3/c21-16-7-9-17(10-8-16)24-14-15(18-4-1-2-5-19(18)24)6-11-20-22-12-3-13-23-20/h1-5,7-10,12-14H. The third-order valence-electron chi connectivity index (χ3n) is 3.69. The first kappa shape index (κ1) is 14.2. The van der Waals surface area contributed by atoms with Crippen LogP contribution in [0.15, 0.2) is 73.2 Å². The monoisotopic (exact) mass is 313 g/mol. The van der Waals surface area contributed by atoms with Gasteiger partial charge in [0.05, 0.1) is 11.1 Å². The molecule has 0 unspecified atom stereocenters. The van der Waals surface area contributed by atoms with Gasteiger partial charge in [-0.25, -0.2) is 14.4 Å². The molecule has 24 heavy (non-hydrogen) atoms. The molecule has 4 aromatic rings. The summed E-state index contributed by atoms with van der Waals surface area (Å²) in [7, 11) is 0. The highest BCUT2D eigenvalue weighted by Gasteiger charge is 2.08. The van der Waals surface area contributed by atoms with Crippen molar-refractivity contribution in [3.63, 3.8) is 0 Å². The van der Waals surface area contributed by atoms with Crippen molar-refractivity contribution in [1.82, 2.24) is 14.5 Å². The fourth-order valence-electron chi connectivity index (χ4n) is 2.58. The quantitative estimate of drug-likeness (QED) is 0.498. The van der Waals surface area contributed by atoms with E-state index in [0.717, 1.165) is 22.2 Å². The zero-order valence-electron chi connectivity index (χ0n) is 12.6. The Balaban J connectivity index is 1.86. The molecular weight excluding hydrogens is 301 g/mol. The Bertz CT molecular complexity index is 1050. The molecule has 2 heterocycles. The molecule has 0 aliphatic carbocycles. The van der Waals surface area contributed by atoms with Crippen LogP contribution in [-0.4, -0.2) is 14.5 Å². The number of para-hydroxylation sites is 1. The van der Waals surface area contributed by atoms with Gasteiger partial charge >= 0.3 is 0 Å². The van der Waals surface area contributed by atoms with Crippen molar-refractivity contribution in [3.05, 3.63) is 90.4 Å². The summed E-state index contributed by atoms with van der Waals surface area (Å²) in [5, 5.41) is 1.03. The van der Waals surface area contributed by atoms with E-state index in [1.54, 1.807) is 30.6 Å². The second-order valence-electron chi connectivity index (χ2n) is 5.23. The first-order valence-corrected chi connectivity index (χ1v) is 7.46. The first-order chi connectivity index (χ1) is 11.8. The molecule has 0 amide bonds. The lowest BCUT2D eigenvalue weighted by Crippen LogP contribution is -1.91. The van der Waals surface area contributed by atoms with E-state index in [9.17, 15) is 4.39 Å². The predicted molar refractivity (Wildman–Crippen MR) is 91.2 cm³/mol. The molecule has 0 saturated carbocycles. The molecule has 4 heteroatoms. The Morgan fingerprint density at radius 3 is 2.38 bits per heavy atom. The van der Waals surface area contributed by atoms with Crippen LogP contribution in [0.25, 0.3) is 16.6 Å². The smallest absolute Gasteiger partial charge is 0.205 e. The highest BCUT2D eigenvalue weighted by molar-refractivity contribution is 5.88. The molecule has 0 spiro atoms. The summed E-state index contributed by atoms with van der Waals surface area (Å²) in [6, 6.07) is 16.1. The lowest BCUT2D eigenvalue weighted by molar-refractivity contribution is 0.627. The van der Waals surface area contributed by atoms with Gasteiger partial charge < -0.3 is 4.57 Å². The summed E-state index contributed by atoms with van der Waals surface area (Å²) >= 11 is 0. The van der Waals surface area contributed by atoms with E-state index in [1.165, 1.54) is 12.1 Å². The van der Waals surface area contributed by atoms with Gasteiger partial charge in [-0.15, -0.1) is 0 Å². The van der Waals surface area contributed by atoms with Crippen LogP contribution in [0.2, 0.25) is 0 Å². The maximum Gasteiger partial charge on any atom is 0.205 e. The second kappa shape index (κ2) is 5.98. The molecule has 0 N–H and O–H groups in total. The van der Waals surface area contributed by atoms with Crippen LogP contribution in [0.3, 0.4) is 0 Å². The van der Waals surface area contributed by atoms with Gasteiger partial charge in [0.2, 0.25) is 5.82 Å². The zero-order chi connectivity index (χ0) is 16.4. The summed E-state index contributed by atoms with van der Waals surface area (Å²) < 4.78 is 15.2. The summed E-state index contributed by atoms with van der Waals surface area (Å²) in [5.74, 6) is 6.35. The molecule has 3 nitrogen and oxygen atoms in total. The van der Waals surface area contributed by atoms with E-state index < -0.39 is 0 Å². The van der Waals surface area contributed by atoms with Crippen LogP contribution >= 0.6 is 0 Å². The van der Waals surface area contributed by atoms with Crippen molar-refractivity contribution >= 4 is 10.9 Å². The third kappa shape index (κ3) is 2.64. The lowest BCUT2D eigenvalue weighted by atomic mass is 10.2. The van der Waals surface area contributed by atoms with Crippen LogP contribution in [0.5, 0.6) is 0 Å². The topological polar surface area (TPSA) is 30.7 Å². The highest BCUT2D eigenvalue weighted by atomic mass is 19.1. The first-order valence-electron chi connectivity index (χ1n) is 7.46. The molecule has 2 aromatic carbocycles. The molecule has 0 fully saturated rings. The molecule has 0 bridgehead atoms. The number of fused-ring (bicyclic) bond motifs is 1.